The second-order valence-corrected chi connectivity index (χ2v) is 9.05. The minimum absolute atomic E-state index is 0.0319. The summed E-state index contributed by atoms with van der Waals surface area (Å²) in [6.07, 6.45) is 7.15. The molecule has 1 aliphatic heterocycles. The van der Waals surface area contributed by atoms with Gasteiger partial charge in [0.25, 0.3) is 0 Å². The maximum absolute atomic E-state index is 6.47. The summed E-state index contributed by atoms with van der Waals surface area (Å²) in [7, 11) is 0. The Morgan fingerprint density at radius 3 is 2.48 bits per heavy atom. The quantitative estimate of drug-likeness (QED) is 0.412. The van der Waals surface area contributed by atoms with E-state index in [2.05, 4.69) is 17.1 Å². The van der Waals surface area contributed by atoms with Crippen LogP contribution in [-0.2, 0) is 22.4 Å². The molecule has 4 nitrogen and oxygen atoms in total. The van der Waals surface area contributed by atoms with Gasteiger partial charge in [-0.3, -0.25) is 0 Å². The van der Waals surface area contributed by atoms with Crippen LogP contribution >= 0.6 is 35.0 Å². The first-order valence-electron chi connectivity index (χ1n) is 9.51. The summed E-state index contributed by atoms with van der Waals surface area (Å²) in [5.41, 5.74) is 1.21. The maximum atomic E-state index is 6.47. The fourth-order valence-electron chi connectivity index (χ4n) is 3.36. The summed E-state index contributed by atoms with van der Waals surface area (Å²) in [5.74, 6) is 0.166. The van der Waals surface area contributed by atoms with Gasteiger partial charge in [-0.2, -0.15) is 0 Å². The van der Waals surface area contributed by atoms with Gasteiger partial charge >= 0.3 is 0 Å². The van der Waals surface area contributed by atoms with Crippen LogP contribution in [0, 0.1) is 0 Å². The van der Waals surface area contributed by atoms with Gasteiger partial charge in [0.2, 0.25) is 0 Å². The second-order valence-electron chi connectivity index (χ2n) is 7.09. The first-order chi connectivity index (χ1) is 14.1. The predicted molar refractivity (Wildman–Crippen MR) is 118 cm³/mol. The number of aromatic nitrogens is 2. The van der Waals surface area contributed by atoms with Crippen LogP contribution in [0.1, 0.15) is 12.0 Å². The van der Waals surface area contributed by atoms with Gasteiger partial charge in [0.1, 0.15) is 0 Å². The summed E-state index contributed by atoms with van der Waals surface area (Å²) in [6.45, 7) is 1.19. The number of rotatable bonds is 8. The van der Waals surface area contributed by atoms with Crippen molar-refractivity contribution in [3.8, 4) is 0 Å². The van der Waals surface area contributed by atoms with Gasteiger partial charge in [0.15, 0.2) is 5.79 Å². The highest BCUT2D eigenvalue weighted by Crippen LogP contribution is 2.33. The molecule has 0 radical (unpaired) electrons. The highest BCUT2D eigenvalue weighted by atomic mass is 35.5. The van der Waals surface area contributed by atoms with Crippen LogP contribution < -0.4 is 0 Å². The lowest BCUT2D eigenvalue weighted by Gasteiger charge is -2.28. The summed E-state index contributed by atoms with van der Waals surface area (Å²) < 4.78 is 14.7. The van der Waals surface area contributed by atoms with Crippen molar-refractivity contribution in [1.29, 1.82) is 0 Å². The monoisotopic (exact) mass is 448 g/mol. The number of hydrogen-bond acceptors (Lipinski definition) is 4. The lowest BCUT2D eigenvalue weighted by molar-refractivity contribution is -0.180. The third-order valence-corrected chi connectivity index (χ3v) is 6.50. The smallest absolute Gasteiger partial charge is 0.187 e. The minimum atomic E-state index is -0.661. The van der Waals surface area contributed by atoms with Gasteiger partial charge in [0, 0.05) is 39.5 Å². The molecule has 2 aromatic carbocycles. The highest BCUT2D eigenvalue weighted by Gasteiger charge is 2.41. The van der Waals surface area contributed by atoms with E-state index in [-0.39, 0.29) is 6.10 Å². The zero-order valence-electron chi connectivity index (χ0n) is 15.8. The molecule has 1 fully saturated rings. The van der Waals surface area contributed by atoms with Crippen LogP contribution in [0.3, 0.4) is 0 Å². The van der Waals surface area contributed by atoms with Gasteiger partial charge in [-0.25, -0.2) is 4.98 Å². The van der Waals surface area contributed by atoms with Crippen molar-refractivity contribution >= 4 is 35.0 Å². The Morgan fingerprint density at radius 2 is 1.79 bits per heavy atom. The van der Waals surface area contributed by atoms with Crippen LogP contribution in [0.2, 0.25) is 10.0 Å². The molecule has 7 heteroatoms. The Morgan fingerprint density at radius 1 is 1.07 bits per heavy atom. The number of benzene rings is 2. The fourth-order valence-corrected chi connectivity index (χ4v) is 4.48. The van der Waals surface area contributed by atoms with Gasteiger partial charge in [0.05, 0.1) is 25.6 Å². The summed E-state index contributed by atoms with van der Waals surface area (Å²) in [4.78, 5) is 5.32. The summed E-state index contributed by atoms with van der Waals surface area (Å²) in [6, 6.07) is 15.8. The number of imidazole rings is 1. The Balaban J connectivity index is 1.40. The van der Waals surface area contributed by atoms with Crippen LogP contribution in [0.5, 0.6) is 0 Å². The number of aryl methyl sites for hydroxylation is 1. The van der Waals surface area contributed by atoms with Crippen LogP contribution in [0.15, 0.2) is 72.1 Å². The van der Waals surface area contributed by atoms with Crippen LogP contribution in [0.4, 0.5) is 0 Å². The van der Waals surface area contributed by atoms with E-state index in [1.54, 1.807) is 24.3 Å². The molecule has 0 N–H and O–H groups in total. The average Bonchev–Trinajstić information content (AvgIpc) is 3.38. The number of nitrogens with zero attached hydrogens (tertiary/aromatic N) is 2. The molecule has 2 heterocycles. The van der Waals surface area contributed by atoms with E-state index in [1.165, 1.54) is 10.5 Å². The van der Waals surface area contributed by atoms with Crippen molar-refractivity contribution in [2.45, 2.75) is 36.2 Å². The third-order valence-electron chi connectivity index (χ3n) is 4.85. The normalized spacial score (nSPS) is 21.5. The Bertz CT molecular complexity index is 904. The first kappa shape index (κ1) is 20.8. The second kappa shape index (κ2) is 9.54. The number of hydrogen-bond donors (Lipinski definition) is 0. The first-order valence-corrected chi connectivity index (χ1v) is 11.2. The lowest BCUT2D eigenvalue weighted by Crippen LogP contribution is -2.37. The van der Waals surface area contributed by atoms with E-state index < -0.39 is 5.79 Å². The fraction of sp³-hybridized carbons (Fsp3) is 0.318. The molecule has 0 unspecified atom stereocenters. The van der Waals surface area contributed by atoms with Gasteiger partial charge in [-0.05, 0) is 48.4 Å². The van der Waals surface area contributed by atoms with E-state index >= 15 is 0 Å². The number of thioether (sulfide) groups is 1. The maximum Gasteiger partial charge on any atom is 0.187 e. The molecule has 1 saturated heterocycles. The van der Waals surface area contributed by atoms with E-state index in [0.29, 0.717) is 13.2 Å². The molecule has 1 aliphatic rings. The topological polar surface area (TPSA) is 36.3 Å². The number of halogens is 2. The lowest BCUT2D eigenvalue weighted by atomic mass is 10.0. The minimum Gasteiger partial charge on any atom is -0.345 e. The van der Waals surface area contributed by atoms with Crippen molar-refractivity contribution in [2.24, 2.45) is 0 Å². The zero-order chi connectivity index (χ0) is 20.1. The molecule has 3 aromatic rings. The number of ether oxygens (including phenoxy) is 2. The Labute approximate surface area is 185 Å². The zero-order valence-corrected chi connectivity index (χ0v) is 18.2. The van der Waals surface area contributed by atoms with Gasteiger partial charge < -0.3 is 14.0 Å². The summed E-state index contributed by atoms with van der Waals surface area (Å²) in [5, 5.41) is 1.49. The van der Waals surface area contributed by atoms with E-state index in [4.69, 9.17) is 32.7 Å². The van der Waals surface area contributed by atoms with Crippen LogP contribution in [0.25, 0.3) is 0 Å². The van der Waals surface area contributed by atoms with Crippen LogP contribution in [-0.4, -0.2) is 33.8 Å². The largest absolute Gasteiger partial charge is 0.345 e. The molecule has 1 aromatic heterocycles. The molecule has 152 valence electrons. The van der Waals surface area contributed by atoms with Crippen molar-refractivity contribution < 1.29 is 9.47 Å². The molecular weight excluding hydrogens is 427 g/mol. The standard InChI is InChI=1S/C22H22Cl2N2O2S/c23-18-3-1-17(2-4-18)9-10-22(15-26-12-11-25-16-26)27-13-20(28-22)14-29-21-7-5-19(24)6-8-21/h1-8,11-12,16,20H,9-10,13-15H2/t20-,22-/m0/s1. The van der Waals surface area contributed by atoms with E-state index in [0.717, 1.165) is 28.6 Å². The molecule has 0 amide bonds. The highest BCUT2D eigenvalue weighted by molar-refractivity contribution is 7.99. The SMILES string of the molecule is Clc1ccc(CC[C@]2(Cn3ccnc3)OC[C@@H](CSc3ccc(Cl)cc3)O2)cc1. The van der Waals surface area contributed by atoms with Crippen molar-refractivity contribution in [3.05, 3.63) is 82.9 Å². The molecule has 29 heavy (non-hydrogen) atoms. The molecule has 4 rings (SSSR count). The molecule has 0 spiro atoms. The predicted octanol–water partition coefficient (Wildman–Crippen LogP) is 5.73. The van der Waals surface area contributed by atoms with Crippen molar-refractivity contribution in [2.75, 3.05) is 12.4 Å². The molecule has 2 atom stereocenters. The average molecular weight is 449 g/mol. The third kappa shape index (κ3) is 5.77. The molecule has 0 saturated carbocycles. The Hall–Kier alpha value is -1.50. The molecule has 0 bridgehead atoms. The molecule has 0 aliphatic carbocycles. The summed E-state index contributed by atoms with van der Waals surface area (Å²) >= 11 is 13.7. The molecular formula is C22H22Cl2N2O2S. The Kier molecular flexibility index (Phi) is 6.83. The van der Waals surface area contributed by atoms with E-state index in [9.17, 15) is 0 Å². The van der Waals surface area contributed by atoms with Crippen molar-refractivity contribution in [3.63, 3.8) is 0 Å². The van der Waals surface area contributed by atoms with Gasteiger partial charge in [-0.1, -0.05) is 35.3 Å². The van der Waals surface area contributed by atoms with Crippen molar-refractivity contribution in [1.82, 2.24) is 9.55 Å². The van der Waals surface area contributed by atoms with E-state index in [1.807, 2.05) is 47.2 Å². The van der Waals surface area contributed by atoms with Gasteiger partial charge in [-0.15, -0.1) is 11.8 Å².